The minimum absolute atomic E-state index is 0.0471. The molecule has 122 valence electrons. The van der Waals surface area contributed by atoms with Crippen molar-refractivity contribution in [1.29, 1.82) is 0 Å². The van der Waals surface area contributed by atoms with E-state index in [1.807, 2.05) is 35.3 Å². The first-order valence-electron chi connectivity index (χ1n) is 7.91. The zero-order valence-electron chi connectivity index (χ0n) is 13.9. The molecule has 1 heterocycles. The summed E-state index contributed by atoms with van der Waals surface area (Å²) in [5.74, 6) is 0.595. The predicted molar refractivity (Wildman–Crippen MR) is 94.9 cm³/mol. The molecule has 2 aromatic rings. The molecule has 4 nitrogen and oxygen atoms in total. The lowest BCUT2D eigenvalue weighted by molar-refractivity contribution is -0.119. The summed E-state index contributed by atoms with van der Waals surface area (Å²) in [7, 11) is 0. The molecule has 1 aliphatic rings. The molecule has 0 saturated carbocycles. The average molecular weight is 329 g/mol. The average Bonchev–Trinajstić information content (AvgIpc) is 2.90. The highest BCUT2D eigenvalue weighted by molar-refractivity contribution is 7.99. The number of carbonyl (C=O) groups excluding carboxylic acids is 1. The summed E-state index contributed by atoms with van der Waals surface area (Å²) in [4.78, 5) is 12.0. The summed E-state index contributed by atoms with van der Waals surface area (Å²) in [5.41, 5.74) is 3.57. The number of hydrogen-bond donors (Lipinski definition) is 1. The van der Waals surface area contributed by atoms with Gasteiger partial charge in [-0.05, 0) is 36.6 Å². The van der Waals surface area contributed by atoms with Crippen LogP contribution in [0.3, 0.4) is 0 Å². The Hall–Kier alpha value is -1.75. The molecule has 1 aromatic heterocycles. The number of carbonyl (C=O) groups is 1. The van der Waals surface area contributed by atoms with E-state index >= 15 is 0 Å². The Kier molecular flexibility index (Phi) is 4.48. The number of benzene rings is 1. The van der Waals surface area contributed by atoms with Crippen molar-refractivity contribution in [2.24, 2.45) is 5.41 Å². The van der Waals surface area contributed by atoms with E-state index in [0.29, 0.717) is 5.75 Å². The van der Waals surface area contributed by atoms with Gasteiger partial charge in [0.2, 0.25) is 5.91 Å². The van der Waals surface area contributed by atoms with Crippen molar-refractivity contribution in [1.82, 2.24) is 15.1 Å². The topological polar surface area (TPSA) is 46.9 Å². The number of nitrogens with zero attached hydrogens (tertiary/aromatic N) is 2. The van der Waals surface area contributed by atoms with E-state index in [2.05, 4.69) is 36.4 Å². The first-order chi connectivity index (χ1) is 11.0. The number of amides is 1. The molecule has 0 radical (unpaired) electrons. The normalized spacial score (nSPS) is 19.2. The van der Waals surface area contributed by atoms with Gasteiger partial charge < -0.3 is 5.32 Å². The second-order valence-corrected chi connectivity index (χ2v) is 7.76. The molecule has 1 aromatic carbocycles. The lowest BCUT2D eigenvalue weighted by atomic mass is 9.74. The van der Waals surface area contributed by atoms with Gasteiger partial charge in [0.25, 0.3) is 0 Å². The third-order valence-electron chi connectivity index (χ3n) is 4.29. The highest BCUT2D eigenvalue weighted by atomic mass is 32.2. The van der Waals surface area contributed by atoms with Crippen LogP contribution in [0.1, 0.15) is 37.6 Å². The lowest BCUT2D eigenvalue weighted by Crippen LogP contribution is -2.37. The molecule has 0 fully saturated rings. The molecular formula is C18H23N3OS. The summed E-state index contributed by atoms with van der Waals surface area (Å²) in [5, 5.41) is 7.78. The second kappa shape index (κ2) is 6.40. The van der Waals surface area contributed by atoms with Crippen LogP contribution in [0.25, 0.3) is 5.69 Å². The van der Waals surface area contributed by atoms with Crippen LogP contribution in [-0.2, 0) is 11.2 Å². The fourth-order valence-corrected chi connectivity index (χ4v) is 3.68. The fraction of sp³-hybridized carbons (Fsp3) is 0.444. The van der Waals surface area contributed by atoms with Gasteiger partial charge in [0.1, 0.15) is 0 Å². The molecule has 0 bridgehead atoms. The lowest BCUT2D eigenvalue weighted by Gasteiger charge is -2.36. The van der Waals surface area contributed by atoms with E-state index in [1.165, 1.54) is 5.69 Å². The number of fused-ring (bicyclic) bond motifs is 1. The van der Waals surface area contributed by atoms with Crippen LogP contribution in [0, 0.1) is 5.41 Å². The highest BCUT2D eigenvalue weighted by Gasteiger charge is 2.35. The van der Waals surface area contributed by atoms with Crippen LogP contribution in [-0.4, -0.2) is 27.7 Å². The Morgan fingerprint density at radius 1 is 1.39 bits per heavy atom. The minimum Gasteiger partial charge on any atom is -0.348 e. The largest absolute Gasteiger partial charge is 0.348 e. The van der Waals surface area contributed by atoms with Gasteiger partial charge in [0.15, 0.2) is 0 Å². The molecule has 0 spiro atoms. The van der Waals surface area contributed by atoms with Crippen molar-refractivity contribution < 1.29 is 4.79 Å². The summed E-state index contributed by atoms with van der Waals surface area (Å²) in [6.45, 7) is 4.51. The van der Waals surface area contributed by atoms with E-state index in [1.54, 1.807) is 11.8 Å². The van der Waals surface area contributed by atoms with Gasteiger partial charge >= 0.3 is 0 Å². The van der Waals surface area contributed by atoms with Crippen LogP contribution in [0.15, 0.2) is 36.5 Å². The van der Waals surface area contributed by atoms with Crippen molar-refractivity contribution in [3.8, 4) is 5.69 Å². The minimum atomic E-state index is 0.0471. The molecule has 0 saturated heterocycles. The molecule has 1 atom stereocenters. The first kappa shape index (κ1) is 16.1. The molecule has 3 rings (SSSR count). The Bertz CT molecular complexity index is 694. The van der Waals surface area contributed by atoms with E-state index in [9.17, 15) is 4.79 Å². The van der Waals surface area contributed by atoms with E-state index in [4.69, 9.17) is 0 Å². The van der Waals surface area contributed by atoms with Gasteiger partial charge in [0, 0.05) is 5.56 Å². The SMILES string of the molecule is CSCC(=O)NC1CC(C)(C)Cc2c1cnn2-c1ccccc1. The Balaban J connectivity index is 1.96. The van der Waals surface area contributed by atoms with Crippen molar-refractivity contribution >= 4 is 17.7 Å². The number of aromatic nitrogens is 2. The maximum atomic E-state index is 12.0. The van der Waals surface area contributed by atoms with Gasteiger partial charge in [0.05, 0.1) is 29.4 Å². The van der Waals surface area contributed by atoms with E-state index < -0.39 is 0 Å². The smallest absolute Gasteiger partial charge is 0.230 e. The third kappa shape index (κ3) is 3.44. The molecule has 0 aliphatic heterocycles. The summed E-state index contributed by atoms with van der Waals surface area (Å²) in [6, 6.07) is 10.2. The summed E-state index contributed by atoms with van der Waals surface area (Å²) in [6.07, 6.45) is 5.78. The molecule has 1 unspecified atom stereocenters. The monoisotopic (exact) mass is 329 g/mol. The third-order valence-corrected chi connectivity index (χ3v) is 4.84. The zero-order chi connectivity index (χ0) is 16.4. The predicted octanol–water partition coefficient (Wildman–Crippen LogP) is 3.37. The molecule has 5 heteroatoms. The maximum absolute atomic E-state index is 12.0. The van der Waals surface area contributed by atoms with Gasteiger partial charge in [-0.15, -0.1) is 0 Å². The Morgan fingerprint density at radius 2 is 2.13 bits per heavy atom. The Morgan fingerprint density at radius 3 is 2.83 bits per heavy atom. The van der Waals surface area contributed by atoms with Gasteiger partial charge in [-0.3, -0.25) is 4.79 Å². The van der Waals surface area contributed by atoms with Crippen LogP contribution in [0.4, 0.5) is 0 Å². The number of hydrogen-bond acceptors (Lipinski definition) is 3. The zero-order valence-corrected chi connectivity index (χ0v) is 14.7. The molecule has 1 aliphatic carbocycles. The quantitative estimate of drug-likeness (QED) is 0.935. The highest BCUT2D eigenvalue weighted by Crippen LogP contribution is 2.41. The fourth-order valence-electron chi connectivity index (χ4n) is 3.33. The number of thioether (sulfide) groups is 1. The van der Waals surface area contributed by atoms with Crippen LogP contribution in [0.5, 0.6) is 0 Å². The van der Waals surface area contributed by atoms with Crippen LogP contribution in [0.2, 0.25) is 0 Å². The van der Waals surface area contributed by atoms with Gasteiger partial charge in [-0.2, -0.15) is 16.9 Å². The van der Waals surface area contributed by atoms with Crippen LogP contribution >= 0.6 is 11.8 Å². The van der Waals surface area contributed by atoms with E-state index in [0.717, 1.165) is 24.1 Å². The van der Waals surface area contributed by atoms with Crippen molar-refractivity contribution in [2.75, 3.05) is 12.0 Å². The van der Waals surface area contributed by atoms with E-state index in [-0.39, 0.29) is 17.4 Å². The standard InChI is InChI=1S/C18H23N3OS/c1-18(2)9-15(20-17(22)12-23-3)14-11-19-21(16(14)10-18)13-7-5-4-6-8-13/h4-8,11,15H,9-10,12H2,1-3H3,(H,20,22). The second-order valence-electron chi connectivity index (χ2n) is 6.89. The van der Waals surface area contributed by atoms with Crippen LogP contribution < -0.4 is 5.32 Å². The van der Waals surface area contributed by atoms with Crippen molar-refractivity contribution in [2.45, 2.75) is 32.7 Å². The molecule has 23 heavy (non-hydrogen) atoms. The number of para-hydroxylation sites is 1. The molecular weight excluding hydrogens is 306 g/mol. The summed E-state index contributed by atoms with van der Waals surface area (Å²) < 4.78 is 2.02. The number of nitrogens with one attached hydrogen (secondary N) is 1. The molecule has 1 amide bonds. The summed E-state index contributed by atoms with van der Waals surface area (Å²) >= 11 is 1.55. The molecule has 1 N–H and O–H groups in total. The Labute approximate surface area is 141 Å². The van der Waals surface area contributed by atoms with Crippen molar-refractivity contribution in [3.63, 3.8) is 0 Å². The number of rotatable bonds is 4. The maximum Gasteiger partial charge on any atom is 0.230 e. The van der Waals surface area contributed by atoms with Crippen molar-refractivity contribution in [3.05, 3.63) is 47.8 Å². The first-order valence-corrected chi connectivity index (χ1v) is 9.30. The van der Waals surface area contributed by atoms with Gasteiger partial charge in [-0.25, -0.2) is 4.68 Å². The van der Waals surface area contributed by atoms with Gasteiger partial charge in [-0.1, -0.05) is 32.0 Å².